The lowest BCUT2D eigenvalue weighted by atomic mass is 10.2. The van der Waals surface area contributed by atoms with E-state index in [-0.39, 0.29) is 12.5 Å². The van der Waals surface area contributed by atoms with Gasteiger partial charge in [-0.3, -0.25) is 9.78 Å². The van der Waals surface area contributed by atoms with Crippen molar-refractivity contribution in [3.8, 4) is 11.3 Å². The monoisotopic (exact) mass is 352 g/mol. The average Bonchev–Trinajstić information content (AvgIpc) is 3.12. The second-order valence-corrected chi connectivity index (χ2v) is 5.61. The minimum absolute atomic E-state index is 0.0291. The van der Waals surface area contributed by atoms with Gasteiger partial charge in [-0.25, -0.2) is 4.98 Å². The summed E-state index contributed by atoms with van der Waals surface area (Å²) in [5, 5.41) is 5.94. The van der Waals surface area contributed by atoms with Crippen LogP contribution in [0.1, 0.15) is 12.5 Å². The molecule has 7 nitrogen and oxygen atoms in total. The maximum absolute atomic E-state index is 11.8. The molecule has 1 amide bonds. The Morgan fingerprint density at radius 2 is 2.15 bits per heavy atom. The van der Waals surface area contributed by atoms with Crippen molar-refractivity contribution in [2.45, 2.75) is 13.8 Å². The molecule has 0 fully saturated rings. The summed E-state index contributed by atoms with van der Waals surface area (Å²) in [6.45, 7) is 4.33. The first-order chi connectivity index (χ1) is 12.7. The van der Waals surface area contributed by atoms with E-state index in [4.69, 9.17) is 9.15 Å². The number of aromatic nitrogens is 2. The van der Waals surface area contributed by atoms with Crippen molar-refractivity contribution in [3.05, 3.63) is 54.5 Å². The lowest BCUT2D eigenvalue weighted by Gasteiger charge is -2.10. The summed E-state index contributed by atoms with van der Waals surface area (Å²) in [5.74, 6) is 0.427. The summed E-state index contributed by atoms with van der Waals surface area (Å²) in [5.41, 5.74) is 3.30. The maximum Gasteiger partial charge on any atom is 0.299 e. The first-order valence-corrected chi connectivity index (χ1v) is 8.27. The fourth-order valence-corrected chi connectivity index (χ4v) is 2.32. The number of anilines is 3. The van der Waals surface area contributed by atoms with Crippen LogP contribution in [-0.2, 0) is 9.53 Å². The highest BCUT2D eigenvalue weighted by Gasteiger charge is 2.09. The topological polar surface area (TPSA) is 89.3 Å². The van der Waals surface area contributed by atoms with Crippen LogP contribution in [0.15, 0.2) is 53.3 Å². The molecule has 2 heterocycles. The number of rotatable bonds is 7. The van der Waals surface area contributed by atoms with E-state index in [1.165, 1.54) is 0 Å². The minimum Gasteiger partial charge on any atom is -0.423 e. The number of carbonyl (C=O) groups excluding carboxylic acids is 1. The predicted molar refractivity (Wildman–Crippen MR) is 99.3 cm³/mol. The largest absolute Gasteiger partial charge is 0.423 e. The number of carbonyl (C=O) groups is 1. The van der Waals surface area contributed by atoms with Crippen LogP contribution in [0.3, 0.4) is 0 Å². The van der Waals surface area contributed by atoms with Crippen LogP contribution >= 0.6 is 0 Å². The number of oxazole rings is 1. The molecule has 0 atom stereocenters. The van der Waals surface area contributed by atoms with Gasteiger partial charge in [0.2, 0.25) is 5.91 Å². The SMILES string of the molecule is CCOCC(=O)Nc1ccc(C)c(Nc2ncc(-c3cccnc3)o2)c1. The van der Waals surface area contributed by atoms with E-state index in [1.807, 2.05) is 44.2 Å². The molecule has 134 valence electrons. The van der Waals surface area contributed by atoms with Crippen LogP contribution in [0.5, 0.6) is 0 Å². The van der Waals surface area contributed by atoms with Crippen LogP contribution in [-0.4, -0.2) is 29.1 Å². The lowest BCUT2D eigenvalue weighted by molar-refractivity contribution is -0.120. The number of amides is 1. The van der Waals surface area contributed by atoms with Gasteiger partial charge in [-0.2, -0.15) is 0 Å². The van der Waals surface area contributed by atoms with E-state index >= 15 is 0 Å². The van der Waals surface area contributed by atoms with Crippen LogP contribution in [0, 0.1) is 6.92 Å². The van der Waals surface area contributed by atoms with Gasteiger partial charge in [0.05, 0.1) is 6.20 Å². The third kappa shape index (κ3) is 4.46. The summed E-state index contributed by atoms with van der Waals surface area (Å²) in [4.78, 5) is 20.1. The molecule has 2 N–H and O–H groups in total. The van der Waals surface area contributed by atoms with Crippen molar-refractivity contribution in [2.75, 3.05) is 23.8 Å². The third-order valence-electron chi connectivity index (χ3n) is 3.65. The Balaban J connectivity index is 1.72. The smallest absolute Gasteiger partial charge is 0.299 e. The van der Waals surface area contributed by atoms with E-state index in [0.29, 0.717) is 24.1 Å². The molecule has 3 aromatic rings. The Hall–Kier alpha value is -3.19. The Labute approximate surface area is 151 Å². The molecule has 26 heavy (non-hydrogen) atoms. The average molecular weight is 352 g/mol. The Bertz CT molecular complexity index is 878. The van der Waals surface area contributed by atoms with Gasteiger partial charge >= 0.3 is 0 Å². The third-order valence-corrected chi connectivity index (χ3v) is 3.65. The van der Waals surface area contributed by atoms with Gasteiger partial charge < -0.3 is 19.8 Å². The van der Waals surface area contributed by atoms with Gasteiger partial charge in [-0.1, -0.05) is 6.07 Å². The first-order valence-electron chi connectivity index (χ1n) is 8.27. The number of nitrogens with one attached hydrogen (secondary N) is 2. The summed E-state index contributed by atoms with van der Waals surface area (Å²) >= 11 is 0. The zero-order chi connectivity index (χ0) is 18.4. The van der Waals surface area contributed by atoms with Crippen LogP contribution < -0.4 is 10.6 Å². The number of pyridine rings is 1. The molecule has 0 aliphatic rings. The molecular formula is C19H20N4O3. The molecule has 0 saturated heterocycles. The van der Waals surface area contributed by atoms with Crippen molar-refractivity contribution in [2.24, 2.45) is 0 Å². The molecule has 0 saturated carbocycles. The summed E-state index contributed by atoms with van der Waals surface area (Å²) in [7, 11) is 0. The fraction of sp³-hybridized carbons (Fsp3) is 0.211. The molecule has 0 spiro atoms. The van der Waals surface area contributed by atoms with Gasteiger partial charge in [-0.05, 0) is 43.7 Å². The standard InChI is InChI=1S/C19H20N4O3/c1-3-25-12-18(24)22-15-7-6-13(2)16(9-15)23-19-21-11-17(26-19)14-5-4-8-20-10-14/h4-11H,3,12H2,1-2H3,(H,21,23)(H,22,24). The second kappa shape index (κ2) is 8.26. The highest BCUT2D eigenvalue weighted by molar-refractivity contribution is 5.92. The molecular weight excluding hydrogens is 332 g/mol. The van der Waals surface area contributed by atoms with Crippen molar-refractivity contribution in [1.82, 2.24) is 9.97 Å². The van der Waals surface area contributed by atoms with Crippen LogP contribution in [0.2, 0.25) is 0 Å². The zero-order valence-corrected chi connectivity index (χ0v) is 14.7. The highest BCUT2D eigenvalue weighted by Crippen LogP contribution is 2.27. The molecule has 1 aromatic carbocycles. The Morgan fingerprint density at radius 1 is 1.27 bits per heavy atom. The molecule has 0 aliphatic heterocycles. The zero-order valence-electron chi connectivity index (χ0n) is 14.7. The molecule has 0 bridgehead atoms. The van der Waals surface area contributed by atoms with Gasteiger partial charge in [0.25, 0.3) is 6.01 Å². The van der Waals surface area contributed by atoms with Crippen LogP contribution in [0.25, 0.3) is 11.3 Å². The van der Waals surface area contributed by atoms with E-state index in [1.54, 1.807) is 18.6 Å². The van der Waals surface area contributed by atoms with E-state index < -0.39 is 0 Å². The van der Waals surface area contributed by atoms with Crippen molar-refractivity contribution in [1.29, 1.82) is 0 Å². The van der Waals surface area contributed by atoms with Gasteiger partial charge in [0.15, 0.2) is 5.76 Å². The van der Waals surface area contributed by atoms with Gasteiger partial charge in [-0.15, -0.1) is 0 Å². The van der Waals surface area contributed by atoms with Crippen molar-refractivity contribution >= 4 is 23.3 Å². The quantitative estimate of drug-likeness (QED) is 0.673. The number of ether oxygens (including phenoxy) is 1. The first kappa shape index (κ1) is 17.6. The number of hydrogen-bond acceptors (Lipinski definition) is 6. The second-order valence-electron chi connectivity index (χ2n) is 5.61. The molecule has 0 aliphatic carbocycles. The number of benzene rings is 1. The Kier molecular flexibility index (Phi) is 5.60. The van der Waals surface area contributed by atoms with E-state index in [0.717, 1.165) is 16.8 Å². The predicted octanol–water partition coefficient (Wildman–Crippen LogP) is 3.76. The number of aryl methyl sites for hydroxylation is 1. The van der Waals surface area contributed by atoms with Crippen molar-refractivity contribution < 1.29 is 13.9 Å². The molecule has 2 aromatic heterocycles. The molecule has 7 heteroatoms. The molecule has 0 unspecified atom stereocenters. The highest BCUT2D eigenvalue weighted by atomic mass is 16.5. The van der Waals surface area contributed by atoms with E-state index in [2.05, 4.69) is 20.6 Å². The lowest BCUT2D eigenvalue weighted by Crippen LogP contribution is -2.18. The maximum atomic E-state index is 11.8. The number of nitrogens with zero attached hydrogens (tertiary/aromatic N) is 2. The molecule has 3 rings (SSSR count). The van der Waals surface area contributed by atoms with Gasteiger partial charge in [0, 0.05) is 35.9 Å². The summed E-state index contributed by atoms with van der Waals surface area (Å²) < 4.78 is 10.8. The van der Waals surface area contributed by atoms with Crippen molar-refractivity contribution in [3.63, 3.8) is 0 Å². The summed E-state index contributed by atoms with van der Waals surface area (Å²) in [6, 6.07) is 9.67. The summed E-state index contributed by atoms with van der Waals surface area (Å²) in [6.07, 6.45) is 5.06. The molecule has 0 radical (unpaired) electrons. The van der Waals surface area contributed by atoms with Gasteiger partial charge in [0.1, 0.15) is 6.61 Å². The fourth-order valence-electron chi connectivity index (χ4n) is 2.32. The normalized spacial score (nSPS) is 10.5. The van der Waals surface area contributed by atoms with Crippen LogP contribution in [0.4, 0.5) is 17.4 Å². The number of hydrogen-bond donors (Lipinski definition) is 2. The Morgan fingerprint density at radius 3 is 2.92 bits per heavy atom. The van der Waals surface area contributed by atoms with E-state index in [9.17, 15) is 4.79 Å². The minimum atomic E-state index is -0.198.